The zero-order valence-electron chi connectivity index (χ0n) is 16.4. The number of amides is 2. The number of morpholine rings is 1. The topological polar surface area (TPSA) is 76.5 Å². The van der Waals surface area contributed by atoms with Gasteiger partial charge in [-0.3, -0.25) is 9.59 Å². The number of hydrogen-bond acceptors (Lipinski definition) is 4. The van der Waals surface area contributed by atoms with E-state index in [4.69, 9.17) is 4.74 Å². The van der Waals surface area contributed by atoms with Crippen LogP contribution in [0.1, 0.15) is 36.3 Å². The number of nitrogens with one attached hydrogen (secondary N) is 1. The molecule has 1 aromatic heterocycles. The molecule has 0 radical (unpaired) electrons. The standard InChI is InChI=1S/C20H25FN4O3/c1-4-18(26)22-11-19(27)24-9-10-28-12-17(24)20-13(2)23-25(14(20)3)16-8-6-5-7-15(16)21/h5-8,17H,4,9-12H2,1-3H3,(H,22,26)/t17-/m1/s1. The van der Waals surface area contributed by atoms with Crippen molar-refractivity contribution in [2.45, 2.75) is 33.2 Å². The van der Waals surface area contributed by atoms with E-state index in [1.165, 1.54) is 6.07 Å². The minimum Gasteiger partial charge on any atom is -0.377 e. The molecule has 1 aliphatic rings. The van der Waals surface area contributed by atoms with Crippen molar-refractivity contribution < 1.29 is 18.7 Å². The molecule has 2 aromatic rings. The molecule has 0 aliphatic carbocycles. The van der Waals surface area contributed by atoms with E-state index in [-0.39, 0.29) is 30.2 Å². The van der Waals surface area contributed by atoms with E-state index in [0.717, 1.165) is 11.3 Å². The highest BCUT2D eigenvalue weighted by atomic mass is 19.1. The van der Waals surface area contributed by atoms with Crippen molar-refractivity contribution in [3.8, 4) is 5.69 Å². The second-order valence-corrected chi connectivity index (χ2v) is 6.76. The van der Waals surface area contributed by atoms with Crippen LogP contribution in [0.25, 0.3) is 5.69 Å². The zero-order valence-corrected chi connectivity index (χ0v) is 16.4. The number of carbonyl (C=O) groups is 2. The quantitative estimate of drug-likeness (QED) is 0.851. The molecule has 150 valence electrons. The van der Waals surface area contributed by atoms with E-state index in [1.54, 1.807) is 34.7 Å². The van der Waals surface area contributed by atoms with Crippen molar-refractivity contribution in [2.24, 2.45) is 0 Å². The molecule has 0 saturated carbocycles. The second kappa shape index (κ2) is 8.52. The van der Waals surface area contributed by atoms with Crippen molar-refractivity contribution in [3.63, 3.8) is 0 Å². The summed E-state index contributed by atoms with van der Waals surface area (Å²) >= 11 is 0. The van der Waals surface area contributed by atoms with E-state index in [1.807, 2.05) is 13.8 Å². The number of aryl methyl sites for hydroxylation is 1. The number of rotatable bonds is 5. The molecule has 28 heavy (non-hydrogen) atoms. The van der Waals surface area contributed by atoms with Crippen LogP contribution in [0.2, 0.25) is 0 Å². The average molecular weight is 388 g/mol. The Hall–Kier alpha value is -2.74. The summed E-state index contributed by atoms with van der Waals surface area (Å²) in [4.78, 5) is 25.9. The lowest BCUT2D eigenvalue weighted by molar-refractivity contribution is -0.140. The fourth-order valence-electron chi connectivity index (χ4n) is 3.54. The van der Waals surface area contributed by atoms with Crippen LogP contribution in [0.5, 0.6) is 0 Å². The first-order valence-corrected chi connectivity index (χ1v) is 9.39. The van der Waals surface area contributed by atoms with Crippen LogP contribution in [-0.4, -0.2) is 52.8 Å². The Labute approximate surface area is 163 Å². The summed E-state index contributed by atoms with van der Waals surface area (Å²) in [6.07, 6.45) is 0.327. The Morgan fingerprint density at radius 3 is 2.79 bits per heavy atom. The SMILES string of the molecule is CCC(=O)NCC(=O)N1CCOC[C@@H]1c1c(C)nn(-c2ccccc2F)c1C. The minimum atomic E-state index is -0.366. The Morgan fingerprint density at radius 2 is 2.07 bits per heavy atom. The number of halogens is 1. The molecule has 3 rings (SSSR count). The smallest absolute Gasteiger partial charge is 0.242 e. The second-order valence-electron chi connectivity index (χ2n) is 6.76. The van der Waals surface area contributed by atoms with Crippen molar-refractivity contribution in [3.05, 3.63) is 47.0 Å². The lowest BCUT2D eigenvalue weighted by Gasteiger charge is -2.36. The predicted molar refractivity (Wildman–Crippen MR) is 102 cm³/mol. The van der Waals surface area contributed by atoms with Crippen LogP contribution in [0.15, 0.2) is 24.3 Å². The van der Waals surface area contributed by atoms with Crippen molar-refractivity contribution in [2.75, 3.05) is 26.3 Å². The number of aromatic nitrogens is 2. The first-order valence-electron chi connectivity index (χ1n) is 9.39. The van der Waals surface area contributed by atoms with Gasteiger partial charge in [-0.05, 0) is 26.0 Å². The molecule has 0 bridgehead atoms. The molecule has 1 fully saturated rings. The van der Waals surface area contributed by atoms with Crippen molar-refractivity contribution >= 4 is 11.8 Å². The minimum absolute atomic E-state index is 0.0529. The summed E-state index contributed by atoms with van der Waals surface area (Å²) in [6.45, 7) is 6.58. The summed E-state index contributed by atoms with van der Waals surface area (Å²) in [5.74, 6) is -0.708. The summed E-state index contributed by atoms with van der Waals surface area (Å²) in [6, 6.07) is 6.11. The molecule has 7 nitrogen and oxygen atoms in total. The van der Waals surface area contributed by atoms with Crippen molar-refractivity contribution in [1.29, 1.82) is 0 Å². The summed E-state index contributed by atoms with van der Waals surface area (Å²) in [5, 5.41) is 7.14. The maximum atomic E-state index is 14.3. The first kappa shape index (κ1) is 20.0. The molecule has 1 saturated heterocycles. The van der Waals surface area contributed by atoms with E-state index >= 15 is 0 Å². The summed E-state index contributed by atoms with van der Waals surface area (Å²) in [7, 11) is 0. The normalized spacial score (nSPS) is 16.9. The molecule has 1 aliphatic heterocycles. The van der Waals surface area contributed by atoms with Crippen molar-refractivity contribution in [1.82, 2.24) is 20.0 Å². The van der Waals surface area contributed by atoms with Crippen LogP contribution in [0.3, 0.4) is 0 Å². The maximum Gasteiger partial charge on any atom is 0.242 e. The number of benzene rings is 1. The van der Waals surface area contributed by atoms with Crippen LogP contribution in [-0.2, 0) is 14.3 Å². The first-order chi connectivity index (χ1) is 13.4. The number of nitrogens with zero attached hydrogens (tertiary/aromatic N) is 3. The Balaban J connectivity index is 1.91. The van der Waals surface area contributed by atoms with Gasteiger partial charge in [0.2, 0.25) is 11.8 Å². The van der Waals surface area contributed by atoms with Crippen LogP contribution in [0.4, 0.5) is 4.39 Å². The molecule has 8 heteroatoms. The molecule has 0 unspecified atom stereocenters. The number of ether oxygens (including phenoxy) is 1. The highest BCUT2D eigenvalue weighted by molar-refractivity contribution is 5.85. The van der Waals surface area contributed by atoms with Gasteiger partial charge < -0.3 is 15.0 Å². The van der Waals surface area contributed by atoms with E-state index in [0.29, 0.717) is 37.6 Å². The summed E-state index contributed by atoms with van der Waals surface area (Å²) in [5.41, 5.74) is 2.68. The highest BCUT2D eigenvalue weighted by Gasteiger charge is 2.33. The van der Waals surface area contributed by atoms with Gasteiger partial charge in [-0.25, -0.2) is 9.07 Å². The number of carbonyl (C=O) groups excluding carboxylic acids is 2. The molecule has 0 spiro atoms. The molecular weight excluding hydrogens is 363 g/mol. The van der Waals surface area contributed by atoms with Gasteiger partial charge in [0.1, 0.15) is 11.5 Å². The third kappa shape index (κ3) is 3.91. The van der Waals surface area contributed by atoms with E-state index in [2.05, 4.69) is 10.4 Å². The Kier molecular flexibility index (Phi) is 6.08. The molecule has 1 atom stereocenters. The molecule has 2 amide bonds. The van der Waals surface area contributed by atoms with Gasteiger partial charge in [0.15, 0.2) is 0 Å². The van der Waals surface area contributed by atoms with Gasteiger partial charge in [0.25, 0.3) is 0 Å². The van der Waals surface area contributed by atoms with Gasteiger partial charge in [-0.15, -0.1) is 0 Å². The Bertz CT molecular complexity index is 880. The predicted octanol–water partition coefficient (Wildman–Crippen LogP) is 2.05. The third-order valence-electron chi connectivity index (χ3n) is 4.97. The molecular formula is C20H25FN4O3. The molecule has 1 aromatic carbocycles. The van der Waals surface area contributed by atoms with Gasteiger partial charge in [-0.2, -0.15) is 5.10 Å². The van der Waals surface area contributed by atoms with Gasteiger partial charge in [-0.1, -0.05) is 19.1 Å². The fraction of sp³-hybridized carbons (Fsp3) is 0.450. The van der Waals surface area contributed by atoms with E-state index in [9.17, 15) is 14.0 Å². The Morgan fingerprint density at radius 1 is 1.32 bits per heavy atom. The summed E-state index contributed by atoms with van der Waals surface area (Å²) < 4.78 is 21.4. The molecule has 1 N–H and O–H groups in total. The van der Waals surface area contributed by atoms with Gasteiger partial charge >= 0.3 is 0 Å². The monoisotopic (exact) mass is 388 g/mol. The van der Waals surface area contributed by atoms with Gasteiger partial charge in [0, 0.05) is 24.2 Å². The fourth-order valence-corrected chi connectivity index (χ4v) is 3.54. The van der Waals surface area contributed by atoms with Crippen LogP contribution in [0, 0.1) is 19.7 Å². The lowest BCUT2D eigenvalue weighted by atomic mass is 10.0. The van der Waals surface area contributed by atoms with Gasteiger partial charge in [0.05, 0.1) is 31.5 Å². The lowest BCUT2D eigenvalue weighted by Crippen LogP contribution is -2.47. The third-order valence-corrected chi connectivity index (χ3v) is 4.97. The molecule has 2 heterocycles. The van der Waals surface area contributed by atoms with Crippen LogP contribution < -0.4 is 5.32 Å². The highest BCUT2D eigenvalue weighted by Crippen LogP contribution is 2.31. The number of para-hydroxylation sites is 1. The number of hydrogen-bond donors (Lipinski definition) is 1. The van der Waals surface area contributed by atoms with E-state index < -0.39 is 0 Å². The average Bonchev–Trinajstić information content (AvgIpc) is 3.00. The maximum absolute atomic E-state index is 14.3. The van der Waals surface area contributed by atoms with Crippen LogP contribution >= 0.6 is 0 Å². The zero-order chi connectivity index (χ0) is 20.3. The largest absolute Gasteiger partial charge is 0.377 e.